The first kappa shape index (κ1) is 23.5. The molecule has 3 N–H and O–H groups in total. The summed E-state index contributed by atoms with van der Waals surface area (Å²) in [4.78, 5) is 41.2. The summed E-state index contributed by atoms with van der Waals surface area (Å²) in [6, 6.07) is 10.5. The lowest BCUT2D eigenvalue weighted by Gasteiger charge is -2.49. The van der Waals surface area contributed by atoms with E-state index in [9.17, 15) is 14.4 Å². The zero-order chi connectivity index (χ0) is 23.5. The van der Waals surface area contributed by atoms with Crippen LogP contribution in [0.3, 0.4) is 0 Å². The van der Waals surface area contributed by atoms with Crippen LogP contribution < -0.4 is 16.0 Å². The predicted octanol–water partition coefficient (Wildman–Crippen LogP) is 1.81. The molecule has 180 valence electrons. The molecule has 1 aliphatic heterocycles. The molecular weight excluding hydrogens is 418 g/mol. The molecule has 8 nitrogen and oxygen atoms in total. The molecule has 1 aromatic rings. The summed E-state index contributed by atoms with van der Waals surface area (Å²) in [5.74, 6) is 0.0194. The van der Waals surface area contributed by atoms with Gasteiger partial charge >= 0.3 is 6.03 Å². The van der Waals surface area contributed by atoms with Crippen molar-refractivity contribution in [1.29, 1.82) is 0 Å². The number of benzene rings is 1. The first-order valence-corrected chi connectivity index (χ1v) is 12.2. The van der Waals surface area contributed by atoms with Crippen molar-refractivity contribution >= 4 is 17.8 Å². The highest BCUT2D eigenvalue weighted by molar-refractivity contribution is 5.88. The molecule has 1 spiro atoms. The third-order valence-corrected chi connectivity index (χ3v) is 8.12. The van der Waals surface area contributed by atoms with Crippen LogP contribution in [0.4, 0.5) is 4.79 Å². The number of carbonyl (C=O) groups is 3. The number of urea groups is 1. The Morgan fingerprint density at radius 2 is 1.73 bits per heavy atom. The third kappa shape index (κ3) is 4.71. The van der Waals surface area contributed by atoms with Crippen molar-refractivity contribution in [3.05, 3.63) is 35.9 Å². The minimum Gasteiger partial charge on any atom is -0.358 e. The van der Waals surface area contributed by atoms with Gasteiger partial charge in [0.15, 0.2) is 0 Å². The molecular formula is C25H37N5O3. The number of nitrogens with one attached hydrogen (secondary N) is 3. The van der Waals surface area contributed by atoms with Crippen LogP contribution in [0.2, 0.25) is 0 Å². The van der Waals surface area contributed by atoms with Gasteiger partial charge in [0.25, 0.3) is 0 Å². The van der Waals surface area contributed by atoms with Crippen LogP contribution in [0.5, 0.6) is 0 Å². The van der Waals surface area contributed by atoms with E-state index in [1.165, 1.54) is 31.9 Å². The van der Waals surface area contributed by atoms with Crippen molar-refractivity contribution in [3.63, 3.8) is 0 Å². The Balaban J connectivity index is 1.48. The lowest BCUT2D eigenvalue weighted by atomic mass is 9.68. The summed E-state index contributed by atoms with van der Waals surface area (Å²) in [7, 11) is 3.56. The minimum absolute atomic E-state index is 0.00536. The van der Waals surface area contributed by atoms with Crippen LogP contribution in [0.25, 0.3) is 0 Å². The van der Waals surface area contributed by atoms with E-state index in [0.29, 0.717) is 12.5 Å². The average Bonchev–Trinajstić information content (AvgIpc) is 3.06. The van der Waals surface area contributed by atoms with Crippen molar-refractivity contribution in [2.75, 3.05) is 40.3 Å². The number of rotatable bonds is 8. The van der Waals surface area contributed by atoms with Crippen LogP contribution in [0.1, 0.15) is 50.5 Å². The number of hydrogen-bond donors (Lipinski definition) is 3. The van der Waals surface area contributed by atoms with Crippen LogP contribution >= 0.6 is 0 Å². The summed E-state index contributed by atoms with van der Waals surface area (Å²) in [6.07, 6.45) is 7.28. The van der Waals surface area contributed by atoms with Crippen molar-refractivity contribution < 1.29 is 14.4 Å². The SMILES string of the molecule is CNC(=O)CNC(=O)CN1C[C@]2(CC[C@](NC)(c3ccccc3)CC2)N(CC2CCC2)C1=O. The second kappa shape index (κ2) is 9.71. The number of amides is 4. The van der Waals surface area contributed by atoms with Crippen LogP contribution in [0.15, 0.2) is 30.3 Å². The van der Waals surface area contributed by atoms with Gasteiger partial charge in [0.05, 0.1) is 12.1 Å². The number of carbonyl (C=O) groups excluding carboxylic acids is 3. The Labute approximate surface area is 196 Å². The fourth-order valence-electron chi connectivity index (χ4n) is 5.72. The zero-order valence-electron chi connectivity index (χ0n) is 19.9. The molecule has 4 rings (SSSR count). The van der Waals surface area contributed by atoms with Gasteiger partial charge in [-0.25, -0.2) is 4.79 Å². The molecule has 33 heavy (non-hydrogen) atoms. The largest absolute Gasteiger partial charge is 0.358 e. The highest BCUT2D eigenvalue weighted by atomic mass is 16.2. The lowest BCUT2D eigenvalue weighted by Crippen LogP contribution is -2.56. The number of nitrogens with zero attached hydrogens (tertiary/aromatic N) is 2. The molecule has 2 aliphatic carbocycles. The molecule has 1 aromatic carbocycles. The molecule has 1 heterocycles. The quantitative estimate of drug-likeness (QED) is 0.557. The van der Waals surface area contributed by atoms with Gasteiger partial charge in [0.1, 0.15) is 6.54 Å². The molecule has 0 aromatic heterocycles. The molecule has 4 amide bonds. The molecule has 3 aliphatic rings. The number of hydrogen-bond acceptors (Lipinski definition) is 4. The van der Waals surface area contributed by atoms with Gasteiger partial charge in [0, 0.05) is 25.7 Å². The third-order valence-electron chi connectivity index (χ3n) is 8.12. The highest BCUT2D eigenvalue weighted by Crippen LogP contribution is 2.47. The van der Waals surface area contributed by atoms with Gasteiger partial charge in [-0.15, -0.1) is 0 Å². The first-order valence-electron chi connectivity index (χ1n) is 12.2. The summed E-state index contributed by atoms with van der Waals surface area (Å²) in [5.41, 5.74) is 0.974. The zero-order valence-corrected chi connectivity index (χ0v) is 19.9. The van der Waals surface area contributed by atoms with Gasteiger partial charge < -0.3 is 25.8 Å². The van der Waals surface area contributed by atoms with Crippen molar-refractivity contribution in [3.8, 4) is 0 Å². The lowest BCUT2D eigenvalue weighted by molar-refractivity contribution is -0.126. The van der Waals surface area contributed by atoms with Gasteiger partial charge in [-0.05, 0) is 57.1 Å². The predicted molar refractivity (Wildman–Crippen MR) is 126 cm³/mol. The van der Waals surface area contributed by atoms with E-state index < -0.39 is 0 Å². The fourth-order valence-corrected chi connectivity index (χ4v) is 5.72. The number of likely N-dealkylation sites (N-methyl/N-ethyl adjacent to an activating group) is 1. The van der Waals surface area contributed by atoms with Crippen LogP contribution in [-0.2, 0) is 15.1 Å². The molecule has 0 unspecified atom stereocenters. The Hall–Kier alpha value is -2.61. The van der Waals surface area contributed by atoms with E-state index in [2.05, 4.69) is 45.1 Å². The Bertz CT molecular complexity index is 862. The highest BCUT2D eigenvalue weighted by Gasteiger charge is 2.54. The average molecular weight is 456 g/mol. The van der Waals surface area contributed by atoms with Gasteiger partial charge in [-0.2, -0.15) is 0 Å². The van der Waals surface area contributed by atoms with E-state index in [-0.39, 0.29) is 42.0 Å². The summed E-state index contributed by atoms with van der Waals surface area (Å²) in [5, 5.41) is 8.70. The normalized spacial score (nSPS) is 27.5. The second-order valence-corrected chi connectivity index (χ2v) is 9.92. The van der Waals surface area contributed by atoms with Crippen molar-refractivity contribution in [1.82, 2.24) is 25.8 Å². The summed E-state index contributed by atoms with van der Waals surface area (Å²) < 4.78 is 0. The molecule has 3 fully saturated rings. The Morgan fingerprint density at radius 1 is 1.03 bits per heavy atom. The summed E-state index contributed by atoms with van der Waals surface area (Å²) in [6.45, 7) is 1.28. The molecule has 2 saturated carbocycles. The van der Waals surface area contributed by atoms with E-state index in [0.717, 1.165) is 32.2 Å². The van der Waals surface area contributed by atoms with E-state index >= 15 is 0 Å². The first-order chi connectivity index (χ1) is 15.9. The molecule has 0 atom stereocenters. The monoisotopic (exact) mass is 455 g/mol. The molecule has 0 bridgehead atoms. The topological polar surface area (TPSA) is 93.8 Å². The van der Waals surface area contributed by atoms with Crippen LogP contribution in [-0.4, -0.2) is 73.5 Å². The maximum Gasteiger partial charge on any atom is 0.321 e. The van der Waals surface area contributed by atoms with Crippen LogP contribution in [0, 0.1) is 5.92 Å². The maximum atomic E-state index is 13.5. The Kier molecular flexibility index (Phi) is 6.93. The standard InChI is InChI=1S/C25H37N5O3/c1-26-21(31)15-28-22(32)17-29-18-24(30(23(29)33)16-19-7-6-8-19)11-13-25(27-2,14-12-24)20-9-4-3-5-10-20/h3-5,9-10,19,27H,6-8,11-18H2,1-2H3,(H,26,31)(H,28,32)/t24-,25-. The smallest absolute Gasteiger partial charge is 0.321 e. The van der Waals surface area contributed by atoms with E-state index in [1.54, 1.807) is 4.90 Å². The van der Waals surface area contributed by atoms with Gasteiger partial charge in [-0.1, -0.05) is 36.8 Å². The Morgan fingerprint density at radius 3 is 2.30 bits per heavy atom. The van der Waals surface area contributed by atoms with E-state index in [1.807, 2.05) is 13.1 Å². The molecule has 0 radical (unpaired) electrons. The van der Waals surface area contributed by atoms with E-state index in [4.69, 9.17) is 0 Å². The van der Waals surface area contributed by atoms with Gasteiger partial charge in [-0.3, -0.25) is 9.59 Å². The minimum atomic E-state index is -0.294. The maximum absolute atomic E-state index is 13.5. The molecule has 1 saturated heterocycles. The fraction of sp³-hybridized carbons (Fsp3) is 0.640. The summed E-state index contributed by atoms with van der Waals surface area (Å²) >= 11 is 0. The van der Waals surface area contributed by atoms with Crippen molar-refractivity contribution in [2.24, 2.45) is 5.92 Å². The second-order valence-electron chi connectivity index (χ2n) is 9.92. The molecule has 8 heteroatoms. The van der Waals surface area contributed by atoms with Gasteiger partial charge in [0.2, 0.25) is 11.8 Å². The van der Waals surface area contributed by atoms with Crippen molar-refractivity contribution in [2.45, 2.75) is 56.0 Å².